The Hall–Kier alpha value is -2.90. The summed E-state index contributed by atoms with van der Waals surface area (Å²) < 4.78 is 15.4. The Morgan fingerprint density at radius 1 is 1.14 bits per heavy atom. The summed E-state index contributed by atoms with van der Waals surface area (Å²) in [6, 6.07) is 1.91. The summed E-state index contributed by atoms with van der Waals surface area (Å²) in [5.74, 6) is -2.02. The first kappa shape index (κ1) is 21.4. The summed E-state index contributed by atoms with van der Waals surface area (Å²) in [5, 5.41) is 7.82. The lowest BCUT2D eigenvalue weighted by molar-refractivity contribution is -0.154. The fourth-order valence-electron chi connectivity index (χ4n) is 3.12. The Morgan fingerprint density at radius 3 is 2.50 bits per heavy atom. The van der Waals surface area contributed by atoms with Gasteiger partial charge in [0.25, 0.3) is 0 Å². The van der Waals surface area contributed by atoms with Crippen molar-refractivity contribution in [1.29, 1.82) is 0 Å². The molecule has 1 N–H and O–H groups in total. The van der Waals surface area contributed by atoms with Crippen molar-refractivity contribution >= 4 is 28.8 Å². The van der Waals surface area contributed by atoms with Crippen LogP contribution in [-0.4, -0.2) is 41.3 Å². The molecule has 0 saturated carbocycles. The first-order chi connectivity index (χ1) is 13.4. The number of ether oxygens (including phenoxy) is 3. The molecule has 152 valence electrons. The predicted molar refractivity (Wildman–Crippen MR) is 101 cm³/mol. The third kappa shape index (κ3) is 5.31. The smallest absolute Gasteiger partial charge is 0.309 e. The Kier molecular flexibility index (Phi) is 7.54. The van der Waals surface area contributed by atoms with Crippen LogP contribution in [0.15, 0.2) is 12.3 Å². The molecule has 1 heterocycles. The van der Waals surface area contributed by atoms with Gasteiger partial charge >= 0.3 is 17.9 Å². The number of esters is 3. The minimum atomic E-state index is -0.696. The zero-order chi connectivity index (χ0) is 20.7. The summed E-state index contributed by atoms with van der Waals surface area (Å²) >= 11 is 0. The first-order valence-electron chi connectivity index (χ1n) is 9.27. The van der Waals surface area contributed by atoms with Crippen molar-refractivity contribution in [3.8, 4) is 0 Å². The lowest BCUT2D eigenvalue weighted by Gasteiger charge is -2.18. The van der Waals surface area contributed by atoms with Crippen LogP contribution in [0.4, 0.5) is 0 Å². The predicted octanol–water partition coefficient (Wildman–Crippen LogP) is 2.61. The van der Waals surface area contributed by atoms with E-state index in [4.69, 9.17) is 14.2 Å². The fourth-order valence-corrected chi connectivity index (χ4v) is 3.12. The third-order valence-corrected chi connectivity index (χ3v) is 4.36. The maximum absolute atomic E-state index is 12.4. The number of nitrogens with one attached hydrogen (secondary N) is 1. The highest BCUT2D eigenvalue weighted by Gasteiger charge is 2.26. The molecule has 0 fully saturated rings. The van der Waals surface area contributed by atoms with E-state index < -0.39 is 23.8 Å². The average Bonchev–Trinajstić information content (AvgIpc) is 3.11. The minimum absolute atomic E-state index is 0.0515. The number of H-pyrrole nitrogens is 1. The van der Waals surface area contributed by atoms with Crippen molar-refractivity contribution in [2.45, 2.75) is 47.1 Å². The number of aromatic nitrogens is 2. The second-order valence-electron chi connectivity index (χ2n) is 6.43. The number of hydrogen-bond donors (Lipinski definition) is 1. The highest BCUT2D eigenvalue weighted by Crippen LogP contribution is 2.28. The van der Waals surface area contributed by atoms with Gasteiger partial charge in [0.15, 0.2) is 0 Å². The molecular weight excluding hydrogens is 364 g/mol. The van der Waals surface area contributed by atoms with Crippen molar-refractivity contribution in [3.05, 3.63) is 29.0 Å². The van der Waals surface area contributed by atoms with E-state index >= 15 is 0 Å². The maximum Gasteiger partial charge on any atom is 0.309 e. The number of aryl methyl sites for hydroxylation is 1. The normalized spacial score (nSPS) is 11.9. The Bertz CT molecular complexity index is 858. The van der Waals surface area contributed by atoms with E-state index in [0.717, 1.165) is 27.6 Å². The molecule has 1 atom stereocenters. The van der Waals surface area contributed by atoms with Gasteiger partial charge < -0.3 is 14.2 Å². The standard InChI is InChI=1S/C20H26N2O6/c1-5-26-18(24)9-15(20(25)27-6-2)8-14-7-12(3)19-16(10-21-22-19)17(14)11-28-13(4)23/h7,10,15H,5-6,8-9,11H2,1-4H3,(H,21,22). The molecule has 0 radical (unpaired) electrons. The lowest BCUT2D eigenvalue weighted by Crippen LogP contribution is -2.25. The molecule has 2 aromatic rings. The molecule has 0 bridgehead atoms. The van der Waals surface area contributed by atoms with Crippen molar-refractivity contribution in [2.24, 2.45) is 5.92 Å². The third-order valence-electron chi connectivity index (χ3n) is 4.36. The Labute approximate surface area is 163 Å². The molecule has 0 aliphatic carbocycles. The fraction of sp³-hybridized carbons (Fsp3) is 0.500. The van der Waals surface area contributed by atoms with Gasteiger partial charge in [0.05, 0.1) is 37.3 Å². The van der Waals surface area contributed by atoms with Gasteiger partial charge in [0.2, 0.25) is 0 Å². The SMILES string of the molecule is CCOC(=O)CC(Cc1cc(C)c2[nH]ncc2c1COC(C)=O)C(=O)OCC. The molecule has 0 aliphatic heterocycles. The molecule has 0 aliphatic rings. The summed E-state index contributed by atoms with van der Waals surface area (Å²) in [6.07, 6.45) is 1.84. The molecule has 0 amide bonds. The highest BCUT2D eigenvalue weighted by atomic mass is 16.5. The van der Waals surface area contributed by atoms with Gasteiger partial charge in [-0.05, 0) is 38.3 Å². The number of carbonyl (C=O) groups excluding carboxylic acids is 3. The van der Waals surface area contributed by atoms with Gasteiger partial charge in [-0.25, -0.2) is 0 Å². The molecule has 1 aromatic carbocycles. The largest absolute Gasteiger partial charge is 0.466 e. The summed E-state index contributed by atoms with van der Waals surface area (Å²) in [4.78, 5) is 35.7. The summed E-state index contributed by atoms with van der Waals surface area (Å²) in [7, 11) is 0. The molecule has 2 rings (SSSR count). The highest BCUT2D eigenvalue weighted by molar-refractivity contribution is 5.86. The van der Waals surface area contributed by atoms with Crippen LogP contribution in [0.5, 0.6) is 0 Å². The van der Waals surface area contributed by atoms with Crippen LogP contribution in [-0.2, 0) is 41.6 Å². The number of rotatable bonds is 9. The number of nitrogens with zero attached hydrogens (tertiary/aromatic N) is 1. The van der Waals surface area contributed by atoms with E-state index in [9.17, 15) is 14.4 Å². The molecule has 1 aromatic heterocycles. The molecule has 28 heavy (non-hydrogen) atoms. The van der Waals surface area contributed by atoms with Crippen LogP contribution in [0.3, 0.4) is 0 Å². The number of benzene rings is 1. The van der Waals surface area contributed by atoms with E-state index in [2.05, 4.69) is 10.2 Å². The average molecular weight is 390 g/mol. The van der Waals surface area contributed by atoms with Gasteiger partial charge in [-0.1, -0.05) is 6.07 Å². The molecule has 0 spiro atoms. The zero-order valence-corrected chi connectivity index (χ0v) is 16.7. The van der Waals surface area contributed by atoms with Crippen molar-refractivity contribution in [2.75, 3.05) is 13.2 Å². The van der Waals surface area contributed by atoms with E-state index in [0.29, 0.717) is 0 Å². The first-order valence-corrected chi connectivity index (χ1v) is 9.27. The van der Waals surface area contributed by atoms with Gasteiger partial charge in [-0.15, -0.1) is 0 Å². The van der Waals surface area contributed by atoms with Crippen LogP contribution in [0.2, 0.25) is 0 Å². The zero-order valence-electron chi connectivity index (χ0n) is 16.7. The van der Waals surface area contributed by atoms with Gasteiger partial charge in [-0.2, -0.15) is 5.10 Å². The summed E-state index contributed by atoms with van der Waals surface area (Å²) in [5.41, 5.74) is 3.33. The second-order valence-corrected chi connectivity index (χ2v) is 6.43. The van der Waals surface area contributed by atoms with Crippen LogP contribution in [0.25, 0.3) is 10.9 Å². The quantitative estimate of drug-likeness (QED) is 0.518. The molecule has 8 heteroatoms. The van der Waals surface area contributed by atoms with Crippen LogP contribution < -0.4 is 0 Å². The van der Waals surface area contributed by atoms with Crippen molar-refractivity contribution in [1.82, 2.24) is 10.2 Å². The topological polar surface area (TPSA) is 108 Å². The number of aromatic amines is 1. The Morgan fingerprint density at radius 2 is 1.86 bits per heavy atom. The number of hydrogen-bond acceptors (Lipinski definition) is 7. The molecule has 1 unspecified atom stereocenters. The van der Waals surface area contributed by atoms with E-state index in [1.807, 2.05) is 13.0 Å². The van der Waals surface area contributed by atoms with E-state index in [1.165, 1.54) is 6.92 Å². The molecule has 0 saturated heterocycles. The molecule has 8 nitrogen and oxygen atoms in total. The molecular formula is C20H26N2O6. The number of fused-ring (bicyclic) bond motifs is 1. The van der Waals surface area contributed by atoms with E-state index in [-0.39, 0.29) is 32.7 Å². The maximum atomic E-state index is 12.4. The lowest BCUT2D eigenvalue weighted by atomic mass is 9.90. The van der Waals surface area contributed by atoms with Gasteiger partial charge in [0.1, 0.15) is 6.61 Å². The number of carbonyl (C=O) groups is 3. The van der Waals surface area contributed by atoms with Crippen molar-refractivity contribution < 1.29 is 28.6 Å². The minimum Gasteiger partial charge on any atom is -0.466 e. The van der Waals surface area contributed by atoms with Crippen LogP contribution in [0, 0.1) is 12.8 Å². The Balaban J connectivity index is 2.40. The van der Waals surface area contributed by atoms with Crippen LogP contribution in [0.1, 0.15) is 43.9 Å². The summed E-state index contributed by atoms with van der Waals surface area (Å²) in [6.45, 7) is 7.20. The van der Waals surface area contributed by atoms with Gasteiger partial charge in [-0.3, -0.25) is 19.5 Å². The van der Waals surface area contributed by atoms with Crippen molar-refractivity contribution in [3.63, 3.8) is 0 Å². The van der Waals surface area contributed by atoms with Crippen LogP contribution >= 0.6 is 0 Å². The second kappa shape index (κ2) is 9.87. The van der Waals surface area contributed by atoms with E-state index in [1.54, 1.807) is 20.0 Å². The monoisotopic (exact) mass is 390 g/mol. The van der Waals surface area contributed by atoms with Gasteiger partial charge in [0, 0.05) is 17.9 Å².